The predicted octanol–water partition coefficient (Wildman–Crippen LogP) is 1.82. The van der Waals surface area contributed by atoms with E-state index in [1.54, 1.807) is 6.92 Å². The lowest BCUT2D eigenvalue weighted by molar-refractivity contribution is -0.120. The van der Waals surface area contributed by atoms with Gasteiger partial charge >= 0.3 is 0 Å². The van der Waals surface area contributed by atoms with Gasteiger partial charge in [0.15, 0.2) is 0 Å². The van der Waals surface area contributed by atoms with Gasteiger partial charge in [-0.3, -0.25) is 14.6 Å². The number of aryl methyl sites for hydroxylation is 1. The second-order valence-electron chi connectivity index (χ2n) is 8.58. The molecule has 4 rings (SSSR count). The number of hydrogen-bond donors (Lipinski definition) is 1. The van der Waals surface area contributed by atoms with Crippen molar-refractivity contribution in [3.05, 3.63) is 47.0 Å². The van der Waals surface area contributed by atoms with E-state index >= 15 is 0 Å². The molecular weight excluding hydrogens is 364 g/mol. The first-order valence-corrected chi connectivity index (χ1v) is 10.6. The van der Waals surface area contributed by atoms with Crippen molar-refractivity contribution in [3.8, 4) is 0 Å². The fourth-order valence-electron chi connectivity index (χ4n) is 4.44. The van der Waals surface area contributed by atoms with Crippen LogP contribution in [0.3, 0.4) is 0 Å². The summed E-state index contributed by atoms with van der Waals surface area (Å²) in [5.41, 5.74) is 2.80. The maximum absolute atomic E-state index is 11.2. The first kappa shape index (κ1) is 20.0. The Morgan fingerprint density at radius 3 is 2.38 bits per heavy atom. The summed E-state index contributed by atoms with van der Waals surface area (Å²) in [4.78, 5) is 16.2. The highest BCUT2D eigenvalue weighted by Crippen LogP contribution is 2.35. The average Bonchev–Trinajstić information content (AvgIpc) is 3.01. The van der Waals surface area contributed by atoms with Crippen molar-refractivity contribution in [3.63, 3.8) is 0 Å². The highest BCUT2D eigenvalue weighted by molar-refractivity contribution is 5.73. The van der Waals surface area contributed by atoms with E-state index in [2.05, 4.69) is 68.1 Å². The van der Waals surface area contributed by atoms with Gasteiger partial charge in [0.25, 0.3) is 0 Å². The third-order valence-corrected chi connectivity index (χ3v) is 6.39. The van der Waals surface area contributed by atoms with E-state index in [9.17, 15) is 4.79 Å². The molecule has 1 aliphatic heterocycles. The molecule has 7 heteroatoms. The Balaban J connectivity index is 1.26. The Bertz CT molecular complexity index is 849. The van der Waals surface area contributed by atoms with E-state index < -0.39 is 0 Å². The van der Waals surface area contributed by atoms with E-state index in [4.69, 9.17) is 0 Å². The quantitative estimate of drug-likeness (QED) is 0.807. The number of rotatable bonds is 6. The van der Waals surface area contributed by atoms with Crippen molar-refractivity contribution in [1.29, 1.82) is 0 Å². The summed E-state index contributed by atoms with van der Waals surface area (Å²) >= 11 is 0. The number of amides is 1. The largest absolute Gasteiger partial charge is 0.354 e. The molecule has 156 valence electrons. The second-order valence-corrected chi connectivity index (χ2v) is 8.58. The molecule has 29 heavy (non-hydrogen) atoms. The molecule has 2 heterocycles. The minimum Gasteiger partial charge on any atom is -0.354 e. The maximum Gasteiger partial charge on any atom is 0.217 e. The molecule has 1 N–H and O–H groups in total. The monoisotopic (exact) mass is 396 g/mol. The first-order valence-electron chi connectivity index (χ1n) is 10.6. The number of hydrogen-bond acceptors (Lipinski definition) is 5. The van der Waals surface area contributed by atoms with Gasteiger partial charge < -0.3 is 9.88 Å². The number of carbonyl (C=O) groups excluding carboxylic acids is 1. The molecule has 1 aliphatic carbocycles. The lowest BCUT2D eigenvalue weighted by Gasteiger charge is -2.35. The Morgan fingerprint density at radius 1 is 1.07 bits per heavy atom. The molecule has 2 aromatic rings. The van der Waals surface area contributed by atoms with Crippen LogP contribution in [-0.2, 0) is 24.9 Å². The molecule has 1 saturated heterocycles. The first-order chi connectivity index (χ1) is 14.0. The van der Waals surface area contributed by atoms with Crippen LogP contribution in [0.4, 0.5) is 0 Å². The van der Waals surface area contributed by atoms with Gasteiger partial charge in [-0.15, -0.1) is 10.2 Å². The smallest absolute Gasteiger partial charge is 0.217 e. The van der Waals surface area contributed by atoms with E-state index in [-0.39, 0.29) is 5.91 Å². The number of nitrogens with zero attached hydrogens (tertiary/aromatic N) is 5. The molecule has 2 fully saturated rings. The van der Waals surface area contributed by atoms with E-state index in [1.165, 1.54) is 11.1 Å². The Morgan fingerprint density at radius 2 is 1.72 bits per heavy atom. The van der Waals surface area contributed by atoms with Crippen molar-refractivity contribution in [2.75, 3.05) is 26.2 Å². The molecule has 2 aliphatic rings. The van der Waals surface area contributed by atoms with Crippen LogP contribution in [0, 0.1) is 6.92 Å². The molecule has 0 unspecified atom stereocenters. The molecule has 1 aromatic heterocycles. The number of piperazine rings is 1. The van der Waals surface area contributed by atoms with Crippen LogP contribution in [-0.4, -0.2) is 62.7 Å². The fourth-order valence-corrected chi connectivity index (χ4v) is 4.44. The third-order valence-electron chi connectivity index (χ3n) is 6.39. The van der Waals surface area contributed by atoms with E-state index in [1.807, 2.05) is 0 Å². The van der Waals surface area contributed by atoms with Crippen molar-refractivity contribution < 1.29 is 4.79 Å². The van der Waals surface area contributed by atoms with Crippen LogP contribution in [0.15, 0.2) is 24.3 Å². The number of nitrogens with one attached hydrogen (secondary N) is 1. The summed E-state index contributed by atoms with van der Waals surface area (Å²) < 4.78 is 2.16. The molecule has 0 spiro atoms. The molecule has 1 aromatic carbocycles. The van der Waals surface area contributed by atoms with Gasteiger partial charge in [-0.05, 0) is 30.9 Å². The summed E-state index contributed by atoms with van der Waals surface area (Å²) in [5.74, 6) is 2.55. The molecule has 0 atom stereocenters. The summed E-state index contributed by atoms with van der Waals surface area (Å²) in [7, 11) is 2.07. The van der Waals surface area contributed by atoms with Gasteiger partial charge in [-0.1, -0.05) is 24.3 Å². The lowest BCUT2D eigenvalue weighted by Crippen LogP contribution is -2.45. The van der Waals surface area contributed by atoms with E-state index in [0.717, 1.165) is 63.8 Å². The SMILES string of the molecule is CC(=O)NC1CC(c2nnc(CN3CCN(Cc4ccccc4C)CC3)n2C)C1. The van der Waals surface area contributed by atoms with Crippen LogP contribution >= 0.6 is 0 Å². The molecular formula is C22H32N6O. The molecule has 1 saturated carbocycles. The van der Waals surface area contributed by atoms with Gasteiger partial charge in [0.2, 0.25) is 5.91 Å². The fraction of sp³-hybridized carbons (Fsp3) is 0.591. The maximum atomic E-state index is 11.2. The topological polar surface area (TPSA) is 66.3 Å². The second kappa shape index (κ2) is 8.63. The van der Waals surface area contributed by atoms with Crippen molar-refractivity contribution in [1.82, 2.24) is 29.9 Å². The zero-order valence-corrected chi connectivity index (χ0v) is 17.8. The summed E-state index contributed by atoms with van der Waals surface area (Å²) in [6.45, 7) is 9.94. The summed E-state index contributed by atoms with van der Waals surface area (Å²) in [5, 5.41) is 11.9. The Labute approximate surface area is 173 Å². The predicted molar refractivity (Wildman–Crippen MR) is 112 cm³/mol. The van der Waals surface area contributed by atoms with Crippen LogP contribution in [0.1, 0.15) is 48.5 Å². The molecule has 0 radical (unpaired) electrons. The third kappa shape index (κ3) is 4.67. The molecule has 0 bridgehead atoms. The van der Waals surface area contributed by atoms with Gasteiger partial charge in [-0.25, -0.2) is 0 Å². The Hall–Kier alpha value is -2.25. The van der Waals surface area contributed by atoms with E-state index in [0.29, 0.717) is 12.0 Å². The summed E-state index contributed by atoms with van der Waals surface area (Å²) in [6, 6.07) is 8.96. The van der Waals surface area contributed by atoms with Crippen molar-refractivity contribution in [2.24, 2.45) is 7.05 Å². The minimum absolute atomic E-state index is 0.0497. The van der Waals surface area contributed by atoms with Crippen LogP contribution in [0.5, 0.6) is 0 Å². The number of aromatic nitrogens is 3. The van der Waals surface area contributed by atoms with Gasteiger partial charge in [-0.2, -0.15) is 0 Å². The van der Waals surface area contributed by atoms with Crippen LogP contribution in [0.2, 0.25) is 0 Å². The lowest BCUT2D eigenvalue weighted by atomic mass is 9.79. The van der Waals surface area contributed by atoms with Crippen LogP contribution in [0.25, 0.3) is 0 Å². The highest BCUT2D eigenvalue weighted by atomic mass is 16.1. The minimum atomic E-state index is 0.0497. The van der Waals surface area contributed by atoms with Crippen LogP contribution < -0.4 is 5.32 Å². The molecule has 7 nitrogen and oxygen atoms in total. The normalized spacial score (nSPS) is 23.0. The van der Waals surface area contributed by atoms with Gasteiger partial charge in [0, 0.05) is 58.7 Å². The van der Waals surface area contributed by atoms with Gasteiger partial charge in [0.1, 0.15) is 11.6 Å². The zero-order valence-electron chi connectivity index (χ0n) is 17.8. The number of carbonyl (C=O) groups is 1. The van der Waals surface area contributed by atoms with Gasteiger partial charge in [0.05, 0.1) is 6.54 Å². The van der Waals surface area contributed by atoms with Crippen molar-refractivity contribution >= 4 is 5.91 Å². The Kier molecular flexibility index (Phi) is 5.96. The number of benzene rings is 1. The standard InChI is InChI=1S/C22H32N6O/c1-16-6-4-5-7-18(16)14-27-8-10-28(11-9-27)15-21-24-25-22(26(21)3)19-12-20(13-19)23-17(2)29/h4-7,19-20H,8-15H2,1-3H3,(H,23,29). The molecule has 1 amide bonds. The zero-order chi connectivity index (χ0) is 20.4. The average molecular weight is 397 g/mol. The summed E-state index contributed by atoms with van der Waals surface area (Å²) in [6.07, 6.45) is 1.92. The highest BCUT2D eigenvalue weighted by Gasteiger charge is 2.34. The van der Waals surface area contributed by atoms with Crippen molar-refractivity contribution in [2.45, 2.75) is 51.7 Å².